The number of nitrogens with zero attached hydrogens (tertiary/aromatic N) is 2. The molecule has 4 rings (SSSR count). The second-order valence-corrected chi connectivity index (χ2v) is 7.81. The maximum absolute atomic E-state index is 12.7. The summed E-state index contributed by atoms with van der Waals surface area (Å²) < 4.78 is 0. The molecule has 2 heterocycles. The summed E-state index contributed by atoms with van der Waals surface area (Å²) in [6.07, 6.45) is 5.30. The number of pyridine rings is 1. The van der Waals surface area contributed by atoms with Crippen LogP contribution in [0, 0.1) is 5.92 Å². The van der Waals surface area contributed by atoms with Gasteiger partial charge in [0.25, 0.3) is 5.91 Å². The lowest BCUT2D eigenvalue weighted by atomic mass is 10.0. The van der Waals surface area contributed by atoms with Crippen LogP contribution in [0.25, 0.3) is 0 Å². The number of benzene rings is 1. The molecule has 1 saturated heterocycles. The number of nitrogens with one attached hydrogen (secondary N) is 2. The van der Waals surface area contributed by atoms with E-state index in [9.17, 15) is 9.59 Å². The molecule has 0 radical (unpaired) electrons. The fourth-order valence-electron chi connectivity index (χ4n) is 3.50. The zero-order valence-electron chi connectivity index (χ0n) is 15.5. The van der Waals surface area contributed by atoms with Crippen molar-refractivity contribution in [2.24, 2.45) is 5.92 Å². The summed E-state index contributed by atoms with van der Waals surface area (Å²) >= 11 is 6.32. The molecule has 1 aromatic heterocycles. The number of halogens is 1. The minimum Gasteiger partial charge on any atom is -0.368 e. The number of carbonyl (C=O) groups excluding carboxylic acids is 2. The maximum Gasteiger partial charge on any atom is 0.251 e. The quantitative estimate of drug-likeness (QED) is 0.808. The Morgan fingerprint density at radius 3 is 2.75 bits per heavy atom. The van der Waals surface area contributed by atoms with Crippen molar-refractivity contribution in [1.82, 2.24) is 10.3 Å². The predicted octanol–water partition coefficient (Wildman–Crippen LogP) is 3.48. The van der Waals surface area contributed by atoms with Gasteiger partial charge in [0.15, 0.2) is 0 Å². The summed E-state index contributed by atoms with van der Waals surface area (Å²) in [5.74, 6) is 0.339. The lowest BCUT2D eigenvalue weighted by molar-refractivity contribution is -0.117. The average Bonchev–Trinajstić information content (AvgIpc) is 3.54. The fraction of sp³-hybridized carbons (Fsp3) is 0.381. The highest BCUT2D eigenvalue weighted by atomic mass is 35.5. The Balaban J connectivity index is 1.39. The number of hydrogen-bond donors (Lipinski definition) is 2. The van der Waals surface area contributed by atoms with E-state index in [-0.39, 0.29) is 23.8 Å². The van der Waals surface area contributed by atoms with Crippen molar-refractivity contribution < 1.29 is 9.59 Å². The lowest BCUT2D eigenvalue weighted by Crippen LogP contribution is -2.48. The smallest absolute Gasteiger partial charge is 0.251 e. The number of para-hydroxylation sites is 1. The standard InChI is InChI=1S/C21H23ClN4O2/c22-17-5-1-2-6-18(17)26-11-3-4-16(13-26)24-21(28)15-9-10-23-19(12-15)25-20(27)14-7-8-14/h1-2,5-6,9-10,12,14,16H,3-4,7-8,11,13H2,(H,24,28)(H,23,25,27). The molecule has 6 nitrogen and oxygen atoms in total. The van der Waals surface area contributed by atoms with Crippen LogP contribution in [0.5, 0.6) is 0 Å². The number of aromatic nitrogens is 1. The van der Waals surface area contributed by atoms with Gasteiger partial charge in [-0.25, -0.2) is 4.98 Å². The van der Waals surface area contributed by atoms with E-state index in [1.165, 1.54) is 0 Å². The molecule has 2 aliphatic rings. The number of amides is 2. The molecule has 0 bridgehead atoms. The fourth-order valence-corrected chi connectivity index (χ4v) is 3.76. The van der Waals surface area contributed by atoms with Gasteiger partial charge in [0, 0.05) is 36.8 Å². The van der Waals surface area contributed by atoms with Crippen molar-refractivity contribution in [3.8, 4) is 0 Å². The summed E-state index contributed by atoms with van der Waals surface area (Å²) in [6.45, 7) is 1.63. The van der Waals surface area contributed by atoms with E-state index < -0.39 is 0 Å². The van der Waals surface area contributed by atoms with Gasteiger partial charge in [-0.2, -0.15) is 0 Å². The summed E-state index contributed by atoms with van der Waals surface area (Å²) in [7, 11) is 0. The molecular weight excluding hydrogens is 376 g/mol. The SMILES string of the molecule is O=C(NC1CCCN(c2ccccc2Cl)C1)c1ccnc(NC(=O)C2CC2)c1. The molecule has 146 valence electrons. The van der Waals surface area contributed by atoms with Crippen molar-refractivity contribution in [2.75, 3.05) is 23.3 Å². The van der Waals surface area contributed by atoms with Crippen molar-refractivity contribution >= 4 is 34.9 Å². The molecular formula is C21H23ClN4O2. The third-order valence-electron chi connectivity index (χ3n) is 5.17. The largest absolute Gasteiger partial charge is 0.368 e. The van der Waals surface area contributed by atoms with Gasteiger partial charge in [-0.1, -0.05) is 23.7 Å². The van der Waals surface area contributed by atoms with Crippen molar-refractivity contribution in [3.63, 3.8) is 0 Å². The highest BCUT2D eigenvalue weighted by Crippen LogP contribution is 2.30. The predicted molar refractivity (Wildman–Crippen MR) is 110 cm³/mol. The van der Waals surface area contributed by atoms with E-state index >= 15 is 0 Å². The second kappa shape index (κ2) is 8.19. The molecule has 2 amide bonds. The molecule has 0 spiro atoms. The van der Waals surface area contributed by atoms with Crippen LogP contribution in [0.1, 0.15) is 36.0 Å². The number of carbonyl (C=O) groups is 2. The zero-order valence-corrected chi connectivity index (χ0v) is 16.3. The van der Waals surface area contributed by atoms with Crippen molar-refractivity contribution in [1.29, 1.82) is 0 Å². The van der Waals surface area contributed by atoms with E-state index in [1.807, 2.05) is 24.3 Å². The Hall–Kier alpha value is -2.60. The molecule has 1 aliphatic heterocycles. The van der Waals surface area contributed by atoms with E-state index in [0.717, 1.165) is 42.9 Å². The maximum atomic E-state index is 12.7. The van der Waals surface area contributed by atoms with Crippen LogP contribution in [0.2, 0.25) is 5.02 Å². The van der Waals surface area contributed by atoms with Crippen LogP contribution < -0.4 is 15.5 Å². The molecule has 1 aromatic carbocycles. The van der Waals surface area contributed by atoms with Gasteiger partial charge in [0.1, 0.15) is 5.82 Å². The minimum atomic E-state index is -0.157. The lowest BCUT2D eigenvalue weighted by Gasteiger charge is -2.35. The Labute approximate surface area is 169 Å². The monoisotopic (exact) mass is 398 g/mol. The highest BCUT2D eigenvalue weighted by Gasteiger charge is 2.30. The highest BCUT2D eigenvalue weighted by molar-refractivity contribution is 6.33. The molecule has 2 fully saturated rings. The van der Waals surface area contributed by atoms with E-state index in [0.29, 0.717) is 17.9 Å². The molecule has 2 N–H and O–H groups in total. The minimum absolute atomic E-state index is 0.0206. The van der Waals surface area contributed by atoms with E-state index in [4.69, 9.17) is 11.6 Å². The third kappa shape index (κ3) is 4.44. The van der Waals surface area contributed by atoms with E-state index in [1.54, 1.807) is 18.3 Å². The third-order valence-corrected chi connectivity index (χ3v) is 5.49. The van der Waals surface area contributed by atoms with Gasteiger partial charge in [-0.3, -0.25) is 9.59 Å². The average molecular weight is 399 g/mol. The first-order valence-electron chi connectivity index (χ1n) is 9.67. The second-order valence-electron chi connectivity index (χ2n) is 7.40. The van der Waals surface area contributed by atoms with Crippen LogP contribution in [0.4, 0.5) is 11.5 Å². The van der Waals surface area contributed by atoms with Gasteiger partial charge < -0.3 is 15.5 Å². The van der Waals surface area contributed by atoms with Crippen molar-refractivity contribution in [2.45, 2.75) is 31.7 Å². The van der Waals surface area contributed by atoms with Gasteiger partial charge >= 0.3 is 0 Å². The van der Waals surface area contributed by atoms with Gasteiger partial charge in [-0.05, 0) is 49.9 Å². The number of rotatable bonds is 5. The number of anilines is 2. The van der Waals surface area contributed by atoms with Crippen LogP contribution in [-0.2, 0) is 4.79 Å². The molecule has 2 aromatic rings. The summed E-state index contributed by atoms with van der Waals surface area (Å²) in [5, 5.41) is 6.61. The molecule has 28 heavy (non-hydrogen) atoms. The molecule has 1 aliphatic carbocycles. The molecule has 1 saturated carbocycles. The summed E-state index contributed by atoms with van der Waals surface area (Å²) in [4.78, 5) is 31.0. The van der Waals surface area contributed by atoms with Gasteiger partial charge in [0.05, 0.1) is 10.7 Å². The normalized spacial score (nSPS) is 19.2. The Bertz CT molecular complexity index is 884. The molecule has 7 heteroatoms. The zero-order chi connectivity index (χ0) is 19.5. The first-order chi connectivity index (χ1) is 13.6. The van der Waals surface area contributed by atoms with Gasteiger partial charge in [-0.15, -0.1) is 0 Å². The van der Waals surface area contributed by atoms with Crippen LogP contribution >= 0.6 is 11.6 Å². The van der Waals surface area contributed by atoms with Crippen molar-refractivity contribution in [3.05, 3.63) is 53.2 Å². The number of piperidine rings is 1. The topological polar surface area (TPSA) is 74.3 Å². The van der Waals surface area contributed by atoms with Crippen LogP contribution in [0.15, 0.2) is 42.6 Å². The first-order valence-corrected chi connectivity index (χ1v) is 10.1. The summed E-state index contributed by atoms with van der Waals surface area (Å²) in [5.41, 5.74) is 1.49. The summed E-state index contributed by atoms with van der Waals surface area (Å²) in [6, 6.07) is 11.1. The molecule has 1 unspecified atom stereocenters. The van der Waals surface area contributed by atoms with Crippen LogP contribution in [0.3, 0.4) is 0 Å². The van der Waals surface area contributed by atoms with Crippen LogP contribution in [-0.4, -0.2) is 35.9 Å². The molecule has 1 atom stereocenters. The number of hydrogen-bond acceptors (Lipinski definition) is 4. The van der Waals surface area contributed by atoms with Gasteiger partial charge in [0.2, 0.25) is 5.91 Å². The Kier molecular flexibility index (Phi) is 5.48. The Morgan fingerprint density at radius 1 is 1.14 bits per heavy atom. The van der Waals surface area contributed by atoms with E-state index in [2.05, 4.69) is 20.5 Å². The Morgan fingerprint density at radius 2 is 1.96 bits per heavy atom. The first kappa shape index (κ1) is 18.7.